The van der Waals surface area contributed by atoms with Crippen molar-refractivity contribution in [2.75, 3.05) is 10.5 Å². The van der Waals surface area contributed by atoms with Crippen LogP contribution in [0.4, 0.5) is 10.8 Å². The Hall–Kier alpha value is -1.67. The summed E-state index contributed by atoms with van der Waals surface area (Å²) in [5, 5.41) is 1.97. The van der Waals surface area contributed by atoms with Crippen molar-refractivity contribution in [3.8, 4) is 0 Å². The molecule has 0 atom stereocenters. The number of pyridine rings is 1. The number of sulfonamides is 1. The second-order valence-corrected chi connectivity index (χ2v) is 5.40. The third-order valence-electron chi connectivity index (χ3n) is 1.76. The Morgan fingerprint density at radius 2 is 2.19 bits per heavy atom. The molecule has 0 spiro atoms. The summed E-state index contributed by atoms with van der Waals surface area (Å²) in [6, 6.07) is 1.43. The summed E-state index contributed by atoms with van der Waals surface area (Å²) >= 11 is 1.19. The lowest BCUT2D eigenvalue weighted by Gasteiger charge is -2.06. The lowest BCUT2D eigenvalue weighted by atomic mass is 10.4. The second kappa shape index (κ2) is 4.06. The Morgan fingerprint density at radius 1 is 1.38 bits per heavy atom. The van der Waals surface area contributed by atoms with E-state index in [1.54, 1.807) is 5.38 Å². The molecular formula is C8H8N4O2S2. The topological polar surface area (TPSA) is 98.0 Å². The van der Waals surface area contributed by atoms with Crippen molar-refractivity contribution in [2.24, 2.45) is 0 Å². The van der Waals surface area contributed by atoms with Crippen LogP contribution in [0.3, 0.4) is 0 Å². The molecule has 0 aromatic carbocycles. The average molecular weight is 256 g/mol. The standard InChI is InChI=1S/C8H8N4O2S2/c9-6-1-2-10-5-7(6)16(13,14)12-8-11-3-4-15-8/h1-5H,(H2,9,10)(H,11,12). The van der Waals surface area contributed by atoms with Gasteiger partial charge in [-0.3, -0.25) is 9.71 Å². The van der Waals surface area contributed by atoms with Crippen molar-refractivity contribution in [2.45, 2.75) is 4.90 Å². The normalized spacial score (nSPS) is 11.2. The molecule has 16 heavy (non-hydrogen) atoms. The molecule has 0 radical (unpaired) electrons. The quantitative estimate of drug-likeness (QED) is 0.851. The maximum atomic E-state index is 11.9. The molecule has 0 aliphatic rings. The number of aromatic nitrogens is 2. The molecule has 0 unspecified atom stereocenters. The lowest BCUT2D eigenvalue weighted by Crippen LogP contribution is -2.14. The molecular weight excluding hydrogens is 248 g/mol. The van der Waals surface area contributed by atoms with Crippen LogP contribution in [-0.2, 0) is 10.0 Å². The Bertz CT molecular complexity index is 580. The van der Waals surface area contributed by atoms with E-state index in [4.69, 9.17) is 5.73 Å². The molecule has 2 aromatic heterocycles. The minimum atomic E-state index is -3.70. The van der Waals surface area contributed by atoms with E-state index >= 15 is 0 Å². The Morgan fingerprint density at radius 3 is 2.81 bits per heavy atom. The molecule has 0 aliphatic carbocycles. The third kappa shape index (κ3) is 2.12. The molecule has 3 N–H and O–H groups in total. The lowest BCUT2D eigenvalue weighted by molar-refractivity contribution is 0.601. The van der Waals surface area contributed by atoms with Crippen molar-refractivity contribution in [3.05, 3.63) is 30.0 Å². The van der Waals surface area contributed by atoms with Gasteiger partial charge in [0.1, 0.15) is 4.90 Å². The minimum absolute atomic E-state index is 0.0507. The van der Waals surface area contributed by atoms with Gasteiger partial charge in [-0.1, -0.05) is 0 Å². The highest BCUT2D eigenvalue weighted by Crippen LogP contribution is 2.20. The van der Waals surface area contributed by atoms with Crippen LogP contribution in [0, 0.1) is 0 Å². The summed E-state index contributed by atoms with van der Waals surface area (Å²) in [5.74, 6) is 0. The number of hydrogen-bond acceptors (Lipinski definition) is 6. The van der Waals surface area contributed by atoms with Crippen molar-refractivity contribution in [3.63, 3.8) is 0 Å². The summed E-state index contributed by atoms with van der Waals surface area (Å²) in [4.78, 5) is 7.50. The van der Waals surface area contributed by atoms with E-state index in [0.29, 0.717) is 5.13 Å². The SMILES string of the molecule is Nc1ccncc1S(=O)(=O)Nc1nccs1. The molecule has 0 bridgehead atoms. The van der Waals surface area contributed by atoms with Gasteiger partial charge in [0.05, 0.1) is 5.69 Å². The summed E-state index contributed by atoms with van der Waals surface area (Å²) in [7, 11) is -3.70. The molecule has 84 valence electrons. The fraction of sp³-hybridized carbons (Fsp3) is 0. The first-order chi connectivity index (χ1) is 7.59. The number of nitrogens with two attached hydrogens (primary N) is 1. The molecule has 0 fully saturated rings. The zero-order chi connectivity index (χ0) is 11.6. The van der Waals surface area contributed by atoms with Crippen molar-refractivity contribution in [1.82, 2.24) is 9.97 Å². The van der Waals surface area contributed by atoms with E-state index in [9.17, 15) is 8.42 Å². The first-order valence-electron chi connectivity index (χ1n) is 4.21. The zero-order valence-corrected chi connectivity index (χ0v) is 9.62. The Labute approximate surface area is 96.2 Å². The Kier molecular flexibility index (Phi) is 2.75. The van der Waals surface area contributed by atoms with Crippen LogP contribution in [0.5, 0.6) is 0 Å². The third-order valence-corrected chi connectivity index (χ3v) is 3.96. The van der Waals surface area contributed by atoms with Gasteiger partial charge in [-0.05, 0) is 6.07 Å². The monoisotopic (exact) mass is 256 g/mol. The number of hydrogen-bond donors (Lipinski definition) is 2. The van der Waals surface area contributed by atoms with Crippen LogP contribution >= 0.6 is 11.3 Å². The van der Waals surface area contributed by atoms with Crippen LogP contribution in [0.1, 0.15) is 0 Å². The van der Waals surface area contributed by atoms with Gasteiger partial charge in [0.2, 0.25) is 0 Å². The van der Waals surface area contributed by atoms with Crippen molar-refractivity contribution < 1.29 is 8.42 Å². The van der Waals surface area contributed by atoms with E-state index in [2.05, 4.69) is 14.7 Å². The highest BCUT2D eigenvalue weighted by molar-refractivity contribution is 7.93. The molecule has 8 heteroatoms. The first kappa shape index (κ1) is 10.8. The van der Waals surface area contributed by atoms with Crippen LogP contribution in [0.2, 0.25) is 0 Å². The Balaban J connectivity index is 2.37. The van der Waals surface area contributed by atoms with Gasteiger partial charge in [-0.25, -0.2) is 13.4 Å². The summed E-state index contributed by atoms with van der Waals surface area (Å²) in [6.07, 6.45) is 4.14. The van der Waals surface area contributed by atoms with Gasteiger partial charge in [0.25, 0.3) is 10.0 Å². The number of nitrogen functional groups attached to an aromatic ring is 1. The number of rotatable bonds is 3. The molecule has 2 heterocycles. The highest BCUT2D eigenvalue weighted by atomic mass is 32.2. The maximum Gasteiger partial charge on any atom is 0.267 e. The summed E-state index contributed by atoms with van der Waals surface area (Å²) in [6.45, 7) is 0. The van der Waals surface area contributed by atoms with Crippen LogP contribution in [-0.4, -0.2) is 18.4 Å². The second-order valence-electron chi connectivity index (χ2n) is 2.86. The van der Waals surface area contributed by atoms with Crippen LogP contribution < -0.4 is 10.5 Å². The number of nitrogens with zero attached hydrogens (tertiary/aromatic N) is 2. The molecule has 0 saturated heterocycles. The fourth-order valence-corrected chi connectivity index (χ4v) is 2.92. The van der Waals surface area contributed by atoms with E-state index in [1.807, 2.05) is 0 Å². The van der Waals surface area contributed by atoms with Gasteiger partial charge >= 0.3 is 0 Å². The van der Waals surface area contributed by atoms with Gasteiger partial charge in [0.15, 0.2) is 5.13 Å². The van der Waals surface area contributed by atoms with E-state index in [-0.39, 0.29) is 10.6 Å². The van der Waals surface area contributed by atoms with Gasteiger partial charge in [0, 0.05) is 24.0 Å². The fourth-order valence-electron chi connectivity index (χ4n) is 1.06. The number of anilines is 2. The van der Waals surface area contributed by atoms with E-state index in [1.165, 1.54) is 36.0 Å². The summed E-state index contributed by atoms with van der Waals surface area (Å²) < 4.78 is 26.0. The predicted molar refractivity (Wildman–Crippen MR) is 61.6 cm³/mol. The maximum absolute atomic E-state index is 11.9. The smallest absolute Gasteiger partial charge is 0.267 e. The van der Waals surface area contributed by atoms with Crippen molar-refractivity contribution >= 4 is 32.2 Å². The number of thiazole rings is 1. The van der Waals surface area contributed by atoms with Gasteiger partial charge in [-0.2, -0.15) is 0 Å². The van der Waals surface area contributed by atoms with E-state index in [0.717, 1.165) is 0 Å². The molecule has 0 amide bonds. The molecule has 0 saturated carbocycles. The highest BCUT2D eigenvalue weighted by Gasteiger charge is 2.18. The molecule has 0 aliphatic heterocycles. The molecule has 6 nitrogen and oxygen atoms in total. The number of nitrogens with one attached hydrogen (secondary N) is 1. The average Bonchev–Trinajstić information content (AvgIpc) is 2.70. The van der Waals surface area contributed by atoms with Crippen molar-refractivity contribution in [1.29, 1.82) is 0 Å². The molecule has 2 rings (SSSR count). The van der Waals surface area contributed by atoms with Gasteiger partial charge < -0.3 is 5.73 Å². The van der Waals surface area contributed by atoms with E-state index < -0.39 is 10.0 Å². The largest absolute Gasteiger partial charge is 0.398 e. The summed E-state index contributed by atoms with van der Waals surface area (Å²) in [5.41, 5.74) is 5.71. The van der Waals surface area contributed by atoms with Crippen LogP contribution in [0.25, 0.3) is 0 Å². The molecule has 2 aromatic rings. The zero-order valence-electron chi connectivity index (χ0n) is 7.99. The first-order valence-corrected chi connectivity index (χ1v) is 6.58. The van der Waals surface area contributed by atoms with Gasteiger partial charge in [-0.15, -0.1) is 11.3 Å². The minimum Gasteiger partial charge on any atom is -0.398 e. The predicted octanol–water partition coefficient (Wildman–Crippen LogP) is 0.921. The van der Waals surface area contributed by atoms with Crippen LogP contribution in [0.15, 0.2) is 34.9 Å².